The number of hydroxylamine groups is 2. The normalized spacial score (nSPS) is 18.7. The molecule has 0 atom stereocenters. The standard InChI is InChI=1S/C26H30N2O4/c1-18-25(19-7-5-4-6-8-19)21-16-22(30-2)20(15-23(21)32-18)17-27-13-11-26(12-14-27)10-9-24(29)28(26)31-3/h4-8,15-16H,9-14,17H2,1-3H3. The SMILES string of the molecule is COc1cc2c(-c3ccccc3)c(C)oc2cc1CN1CCC2(CCC(=O)N2OC)CC1. The fourth-order valence-corrected chi connectivity index (χ4v) is 5.49. The molecule has 32 heavy (non-hydrogen) atoms. The van der Waals surface area contributed by atoms with Crippen molar-refractivity contribution in [1.29, 1.82) is 0 Å². The lowest BCUT2D eigenvalue weighted by Gasteiger charge is -2.43. The van der Waals surface area contributed by atoms with Crippen molar-refractivity contribution in [1.82, 2.24) is 9.96 Å². The van der Waals surface area contributed by atoms with Crippen LogP contribution in [0, 0.1) is 6.92 Å². The van der Waals surface area contributed by atoms with Crippen LogP contribution in [0.5, 0.6) is 5.75 Å². The van der Waals surface area contributed by atoms with Crippen molar-refractivity contribution in [3.8, 4) is 16.9 Å². The number of carbonyl (C=O) groups is 1. The van der Waals surface area contributed by atoms with E-state index < -0.39 is 0 Å². The quantitative estimate of drug-likeness (QED) is 0.570. The first-order valence-corrected chi connectivity index (χ1v) is 11.3. The Balaban J connectivity index is 1.39. The molecule has 0 radical (unpaired) electrons. The van der Waals surface area contributed by atoms with Gasteiger partial charge in [-0.3, -0.25) is 14.5 Å². The number of nitrogens with zero attached hydrogens (tertiary/aromatic N) is 2. The van der Waals surface area contributed by atoms with Crippen LogP contribution in [0.3, 0.4) is 0 Å². The largest absolute Gasteiger partial charge is 0.496 e. The second-order valence-corrected chi connectivity index (χ2v) is 8.93. The summed E-state index contributed by atoms with van der Waals surface area (Å²) in [5, 5.41) is 2.71. The molecule has 168 valence electrons. The number of amides is 1. The van der Waals surface area contributed by atoms with Crippen molar-refractivity contribution < 1.29 is 18.8 Å². The van der Waals surface area contributed by atoms with Gasteiger partial charge in [0, 0.05) is 42.6 Å². The lowest BCUT2D eigenvalue weighted by Crippen LogP contribution is -2.52. The molecule has 3 heterocycles. The highest BCUT2D eigenvalue weighted by molar-refractivity contribution is 5.97. The van der Waals surface area contributed by atoms with Gasteiger partial charge in [0.1, 0.15) is 17.1 Å². The molecule has 1 spiro atoms. The van der Waals surface area contributed by atoms with Crippen molar-refractivity contribution in [2.24, 2.45) is 0 Å². The average Bonchev–Trinajstić information content (AvgIpc) is 3.30. The maximum absolute atomic E-state index is 12.2. The Morgan fingerprint density at radius 2 is 1.81 bits per heavy atom. The summed E-state index contributed by atoms with van der Waals surface area (Å²) in [4.78, 5) is 20.0. The molecule has 0 N–H and O–H groups in total. The molecule has 5 rings (SSSR count). The van der Waals surface area contributed by atoms with E-state index in [-0.39, 0.29) is 11.4 Å². The van der Waals surface area contributed by atoms with Crippen LogP contribution in [0.25, 0.3) is 22.1 Å². The van der Waals surface area contributed by atoms with Gasteiger partial charge in [-0.25, -0.2) is 5.06 Å². The van der Waals surface area contributed by atoms with Gasteiger partial charge < -0.3 is 9.15 Å². The Kier molecular flexibility index (Phi) is 5.43. The monoisotopic (exact) mass is 434 g/mol. The van der Waals surface area contributed by atoms with E-state index in [9.17, 15) is 4.79 Å². The summed E-state index contributed by atoms with van der Waals surface area (Å²) < 4.78 is 12.0. The van der Waals surface area contributed by atoms with Gasteiger partial charge in [0.05, 0.1) is 19.8 Å². The Bertz CT molecular complexity index is 1130. The van der Waals surface area contributed by atoms with Crippen molar-refractivity contribution in [3.05, 3.63) is 53.8 Å². The first kappa shape index (κ1) is 21.0. The summed E-state index contributed by atoms with van der Waals surface area (Å²) >= 11 is 0. The molecule has 0 bridgehead atoms. The van der Waals surface area contributed by atoms with E-state index in [0.29, 0.717) is 6.42 Å². The molecule has 2 aliphatic rings. The number of methoxy groups -OCH3 is 1. The number of piperidine rings is 1. The number of hydrogen-bond donors (Lipinski definition) is 0. The van der Waals surface area contributed by atoms with Gasteiger partial charge in [-0.05, 0) is 43.9 Å². The van der Waals surface area contributed by atoms with E-state index >= 15 is 0 Å². The molecule has 0 aliphatic carbocycles. The summed E-state index contributed by atoms with van der Waals surface area (Å²) in [6.45, 7) is 4.64. The van der Waals surface area contributed by atoms with Crippen LogP contribution in [0.2, 0.25) is 0 Å². The molecule has 6 heteroatoms. The van der Waals surface area contributed by atoms with Crippen LogP contribution in [0.1, 0.15) is 37.0 Å². The number of benzene rings is 2. The zero-order valence-corrected chi connectivity index (χ0v) is 19.0. The minimum absolute atomic E-state index is 0.107. The Labute approximate surface area is 188 Å². The number of aryl methyl sites for hydroxylation is 1. The average molecular weight is 435 g/mol. The fraction of sp³-hybridized carbons (Fsp3) is 0.423. The minimum Gasteiger partial charge on any atom is -0.496 e. The summed E-state index contributed by atoms with van der Waals surface area (Å²) in [6, 6.07) is 14.6. The van der Waals surface area contributed by atoms with Gasteiger partial charge in [-0.15, -0.1) is 0 Å². The lowest BCUT2D eigenvalue weighted by atomic mass is 9.86. The molecule has 1 amide bonds. The minimum atomic E-state index is -0.140. The van der Waals surface area contributed by atoms with Gasteiger partial charge in [0.25, 0.3) is 0 Å². The van der Waals surface area contributed by atoms with Gasteiger partial charge in [-0.2, -0.15) is 0 Å². The van der Waals surface area contributed by atoms with Crippen molar-refractivity contribution in [2.75, 3.05) is 27.3 Å². The van der Waals surface area contributed by atoms with Gasteiger partial charge in [0.2, 0.25) is 5.91 Å². The van der Waals surface area contributed by atoms with Crippen LogP contribution in [-0.4, -0.2) is 48.7 Å². The highest BCUT2D eigenvalue weighted by Crippen LogP contribution is 2.41. The van der Waals surface area contributed by atoms with Crippen LogP contribution in [0.4, 0.5) is 0 Å². The number of likely N-dealkylation sites (tertiary alicyclic amines) is 1. The second kappa shape index (κ2) is 8.26. The molecular weight excluding hydrogens is 404 g/mol. The van der Waals surface area contributed by atoms with Crippen LogP contribution < -0.4 is 4.74 Å². The number of furan rings is 1. The van der Waals surface area contributed by atoms with Gasteiger partial charge in [-0.1, -0.05) is 30.3 Å². The summed E-state index contributed by atoms with van der Waals surface area (Å²) in [6.07, 6.45) is 3.32. The molecular formula is C26H30N2O4. The third-order valence-electron chi connectivity index (χ3n) is 7.15. The third-order valence-corrected chi connectivity index (χ3v) is 7.15. The molecule has 2 fully saturated rings. The predicted molar refractivity (Wildman–Crippen MR) is 123 cm³/mol. The molecule has 0 unspecified atom stereocenters. The molecule has 3 aromatic rings. The number of rotatable bonds is 5. The maximum atomic E-state index is 12.2. The Morgan fingerprint density at radius 3 is 2.50 bits per heavy atom. The topological polar surface area (TPSA) is 55.2 Å². The molecule has 1 aromatic heterocycles. The molecule has 6 nitrogen and oxygen atoms in total. The van der Waals surface area contributed by atoms with Crippen molar-refractivity contribution in [2.45, 2.75) is 44.7 Å². The summed E-state index contributed by atoms with van der Waals surface area (Å²) in [7, 11) is 3.33. The van der Waals surface area contributed by atoms with Crippen LogP contribution in [-0.2, 0) is 16.2 Å². The van der Waals surface area contributed by atoms with E-state index in [1.807, 2.05) is 25.1 Å². The van der Waals surface area contributed by atoms with Crippen LogP contribution >= 0.6 is 0 Å². The highest BCUT2D eigenvalue weighted by Gasteiger charge is 2.47. The van der Waals surface area contributed by atoms with E-state index in [2.05, 4.69) is 29.2 Å². The first-order chi connectivity index (χ1) is 15.5. The first-order valence-electron chi connectivity index (χ1n) is 11.3. The fourth-order valence-electron chi connectivity index (χ4n) is 5.49. The Hall–Kier alpha value is -2.83. The van der Waals surface area contributed by atoms with Gasteiger partial charge >= 0.3 is 0 Å². The molecule has 0 saturated carbocycles. The summed E-state index contributed by atoms with van der Waals surface area (Å²) in [5.41, 5.74) is 4.14. The van der Waals surface area contributed by atoms with E-state index in [1.165, 1.54) is 0 Å². The highest BCUT2D eigenvalue weighted by atomic mass is 16.7. The summed E-state index contributed by atoms with van der Waals surface area (Å²) in [5.74, 6) is 1.90. The number of ether oxygens (including phenoxy) is 1. The van der Waals surface area contributed by atoms with E-state index in [4.69, 9.17) is 14.0 Å². The number of fused-ring (bicyclic) bond motifs is 1. The zero-order valence-electron chi connectivity index (χ0n) is 19.0. The van der Waals surface area contributed by atoms with Gasteiger partial charge in [0.15, 0.2) is 0 Å². The van der Waals surface area contributed by atoms with Crippen LogP contribution in [0.15, 0.2) is 46.9 Å². The Morgan fingerprint density at radius 1 is 1.06 bits per heavy atom. The predicted octanol–water partition coefficient (Wildman–Crippen LogP) is 4.94. The van der Waals surface area contributed by atoms with E-state index in [1.54, 1.807) is 19.3 Å². The smallest absolute Gasteiger partial charge is 0.246 e. The van der Waals surface area contributed by atoms with E-state index in [0.717, 1.165) is 78.1 Å². The van der Waals surface area contributed by atoms with Crippen molar-refractivity contribution in [3.63, 3.8) is 0 Å². The molecule has 2 aliphatic heterocycles. The molecule has 2 aromatic carbocycles. The number of carbonyl (C=O) groups excluding carboxylic acids is 1. The van der Waals surface area contributed by atoms with Crippen molar-refractivity contribution >= 4 is 16.9 Å². The second-order valence-electron chi connectivity index (χ2n) is 8.93. The zero-order chi connectivity index (χ0) is 22.3. The molecule has 2 saturated heterocycles. The maximum Gasteiger partial charge on any atom is 0.246 e. The number of hydrogen-bond acceptors (Lipinski definition) is 5. The lowest BCUT2D eigenvalue weighted by molar-refractivity contribution is -0.202. The third kappa shape index (κ3) is 3.48.